The standard InChI is InChI=1S/C22H25N3O5S/c1-3-24(4-2)31(29,30)19-11-9-18(10-12-19)23-22(28)17-7-5-16(6-8-17)15-25-20(26)13-14-21(25)27/h5-12H,3-4,13-15H2,1-2H3,(H,23,28). The van der Waals surface area contributed by atoms with E-state index in [4.69, 9.17) is 0 Å². The Labute approximate surface area is 181 Å². The molecule has 0 aromatic heterocycles. The number of sulfonamides is 1. The molecule has 0 spiro atoms. The fraction of sp³-hybridized carbons (Fsp3) is 0.318. The third-order valence-corrected chi connectivity index (χ3v) is 7.23. The summed E-state index contributed by atoms with van der Waals surface area (Å²) in [5.74, 6) is -0.712. The van der Waals surface area contributed by atoms with Gasteiger partial charge in [-0.25, -0.2) is 8.42 Å². The van der Waals surface area contributed by atoms with Crippen LogP contribution in [0.15, 0.2) is 53.4 Å². The summed E-state index contributed by atoms with van der Waals surface area (Å²) < 4.78 is 26.4. The van der Waals surface area contributed by atoms with E-state index in [-0.39, 0.29) is 42.0 Å². The SMILES string of the molecule is CCN(CC)S(=O)(=O)c1ccc(NC(=O)c2ccc(CN3C(=O)CCC3=O)cc2)cc1. The van der Waals surface area contributed by atoms with Crippen LogP contribution in [0, 0.1) is 0 Å². The zero-order valence-electron chi connectivity index (χ0n) is 17.5. The van der Waals surface area contributed by atoms with Gasteiger partial charge in [-0.3, -0.25) is 19.3 Å². The van der Waals surface area contributed by atoms with Gasteiger partial charge < -0.3 is 5.32 Å². The number of benzene rings is 2. The fourth-order valence-electron chi connectivity index (χ4n) is 3.37. The zero-order valence-corrected chi connectivity index (χ0v) is 18.3. The monoisotopic (exact) mass is 443 g/mol. The predicted molar refractivity (Wildman–Crippen MR) is 116 cm³/mol. The Hall–Kier alpha value is -3.04. The van der Waals surface area contributed by atoms with Gasteiger partial charge in [-0.1, -0.05) is 26.0 Å². The fourth-order valence-corrected chi connectivity index (χ4v) is 4.83. The molecule has 1 heterocycles. The van der Waals surface area contributed by atoms with Gasteiger partial charge in [0.1, 0.15) is 0 Å². The van der Waals surface area contributed by atoms with Gasteiger partial charge in [-0.05, 0) is 42.0 Å². The molecule has 8 nitrogen and oxygen atoms in total. The first-order valence-electron chi connectivity index (χ1n) is 10.1. The number of nitrogens with one attached hydrogen (secondary N) is 1. The van der Waals surface area contributed by atoms with Crippen LogP contribution in [0.2, 0.25) is 0 Å². The Morgan fingerprint density at radius 1 is 0.935 bits per heavy atom. The van der Waals surface area contributed by atoms with E-state index in [0.717, 1.165) is 5.56 Å². The minimum atomic E-state index is -3.55. The Balaban J connectivity index is 1.65. The lowest BCUT2D eigenvalue weighted by Crippen LogP contribution is -2.30. The lowest BCUT2D eigenvalue weighted by molar-refractivity contribution is -0.139. The third kappa shape index (κ3) is 5.00. The predicted octanol–water partition coefficient (Wildman–Crippen LogP) is 2.62. The van der Waals surface area contributed by atoms with Crippen molar-refractivity contribution in [2.75, 3.05) is 18.4 Å². The molecule has 1 aliphatic heterocycles. The van der Waals surface area contributed by atoms with Crippen LogP contribution in [0.25, 0.3) is 0 Å². The largest absolute Gasteiger partial charge is 0.322 e. The smallest absolute Gasteiger partial charge is 0.255 e. The molecule has 0 saturated carbocycles. The maximum atomic E-state index is 12.5. The molecule has 0 bridgehead atoms. The minimum absolute atomic E-state index is 0.171. The van der Waals surface area contributed by atoms with Crippen molar-refractivity contribution in [1.29, 1.82) is 0 Å². The molecule has 31 heavy (non-hydrogen) atoms. The van der Waals surface area contributed by atoms with Crippen molar-refractivity contribution in [2.45, 2.75) is 38.1 Å². The van der Waals surface area contributed by atoms with E-state index in [1.54, 1.807) is 50.2 Å². The van der Waals surface area contributed by atoms with Crippen LogP contribution in [0.3, 0.4) is 0 Å². The molecule has 1 N–H and O–H groups in total. The second kappa shape index (κ2) is 9.40. The van der Waals surface area contributed by atoms with Gasteiger partial charge in [0.2, 0.25) is 21.8 Å². The second-order valence-electron chi connectivity index (χ2n) is 7.14. The number of rotatable bonds is 8. The van der Waals surface area contributed by atoms with E-state index >= 15 is 0 Å². The summed E-state index contributed by atoms with van der Waals surface area (Å²) in [6, 6.07) is 12.7. The van der Waals surface area contributed by atoms with E-state index in [2.05, 4.69) is 5.32 Å². The highest BCUT2D eigenvalue weighted by molar-refractivity contribution is 7.89. The topological polar surface area (TPSA) is 104 Å². The molecular formula is C22H25N3O5S. The molecule has 2 aromatic rings. The van der Waals surface area contributed by atoms with Crippen LogP contribution in [0.4, 0.5) is 5.69 Å². The number of hydrogen-bond donors (Lipinski definition) is 1. The molecule has 1 fully saturated rings. The van der Waals surface area contributed by atoms with Gasteiger partial charge in [0, 0.05) is 37.2 Å². The number of anilines is 1. The molecule has 164 valence electrons. The van der Waals surface area contributed by atoms with Gasteiger partial charge in [0.15, 0.2) is 0 Å². The van der Waals surface area contributed by atoms with Crippen molar-refractivity contribution >= 4 is 33.4 Å². The third-order valence-electron chi connectivity index (χ3n) is 5.17. The quantitative estimate of drug-likeness (QED) is 0.632. The highest BCUT2D eigenvalue weighted by Crippen LogP contribution is 2.20. The first kappa shape index (κ1) is 22.6. The van der Waals surface area contributed by atoms with E-state index in [1.165, 1.54) is 21.3 Å². The Morgan fingerprint density at radius 2 is 1.48 bits per heavy atom. The maximum absolute atomic E-state index is 12.5. The van der Waals surface area contributed by atoms with Crippen molar-refractivity contribution in [3.05, 3.63) is 59.7 Å². The van der Waals surface area contributed by atoms with Crippen molar-refractivity contribution in [2.24, 2.45) is 0 Å². The number of carbonyl (C=O) groups is 3. The van der Waals surface area contributed by atoms with Gasteiger partial charge in [-0.2, -0.15) is 4.31 Å². The number of carbonyl (C=O) groups excluding carboxylic acids is 3. The highest BCUT2D eigenvalue weighted by Gasteiger charge is 2.28. The highest BCUT2D eigenvalue weighted by atomic mass is 32.2. The number of likely N-dealkylation sites (tertiary alicyclic amines) is 1. The van der Waals surface area contributed by atoms with Gasteiger partial charge in [-0.15, -0.1) is 0 Å². The summed E-state index contributed by atoms with van der Waals surface area (Å²) in [7, 11) is -3.55. The van der Waals surface area contributed by atoms with Crippen molar-refractivity contribution in [3.8, 4) is 0 Å². The number of hydrogen-bond acceptors (Lipinski definition) is 5. The summed E-state index contributed by atoms with van der Waals surface area (Å²) in [6.45, 7) is 4.52. The summed E-state index contributed by atoms with van der Waals surface area (Å²) in [5, 5.41) is 2.73. The van der Waals surface area contributed by atoms with Crippen LogP contribution < -0.4 is 5.32 Å². The minimum Gasteiger partial charge on any atom is -0.322 e. The van der Waals surface area contributed by atoms with E-state index in [1.807, 2.05) is 0 Å². The Bertz CT molecular complexity index is 1060. The molecule has 3 amide bonds. The Kier molecular flexibility index (Phi) is 6.87. The number of imide groups is 1. The van der Waals surface area contributed by atoms with Crippen molar-refractivity contribution in [1.82, 2.24) is 9.21 Å². The molecular weight excluding hydrogens is 418 g/mol. The number of amides is 3. The summed E-state index contributed by atoms with van der Waals surface area (Å²) in [4.78, 5) is 37.3. The number of nitrogens with zero attached hydrogens (tertiary/aromatic N) is 2. The lowest BCUT2D eigenvalue weighted by Gasteiger charge is -2.18. The van der Waals surface area contributed by atoms with Gasteiger partial charge in [0.05, 0.1) is 11.4 Å². The second-order valence-corrected chi connectivity index (χ2v) is 9.08. The van der Waals surface area contributed by atoms with Crippen LogP contribution in [0.5, 0.6) is 0 Å². The van der Waals surface area contributed by atoms with E-state index in [0.29, 0.717) is 24.3 Å². The first-order chi connectivity index (χ1) is 14.8. The van der Waals surface area contributed by atoms with Crippen LogP contribution in [-0.4, -0.2) is 48.4 Å². The molecule has 0 unspecified atom stereocenters. The van der Waals surface area contributed by atoms with Crippen LogP contribution in [-0.2, 0) is 26.2 Å². The maximum Gasteiger partial charge on any atom is 0.255 e. The van der Waals surface area contributed by atoms with E-state index in [9.17, 15) is 22.8 Å². The summed E-state index contributed by atoms with van der Waals surface area (Å²) in [6.07, 6.45) is 0.489. The normalized spacial score (nSPS) is 14.4. The molecule has 0 aliphatic carbocycles. The zero-order chi connectivity index (χ0) is 22.6. The van der Waals surface area contributed by atoms with Gasteiger partial charge in [0.25, 0.3) is 5.91 Å². The molecule has 0 atom stereocenters. The van der Waals surface area contributed by atoms with Crippen LogP contribution in [0.1, 0.15) is 42.6 Å². The Morgan fingerprint density at radius 3 is 2.00 bits per heavy atom. The van der Waals surface area contributed by atoms with Crippen molar-refractivity contribution < 1.29 is 22.8 Å². The molecule has 1 aliphatic rings. The molecule has 2 aromatic carbocycles. The molecule has 9 heteroatoms. The van der Waals surface area contributed by atoms with Crippen LogP contribution >= 0.6 is 0 Å². The molecule has 1 saturated heterocycles. The average Bonchev–Trinajstić information content (AvgIpc) is 3.07. The van der Waals surface area contributed by atoms with Gasteiger partial charge >= 0.3 is 0 Å². The molecule has 3 rings (SSSR count). The first-order valence-corrected chi connectivity index (χ1v) is 11.5. The molecule has 0 radical (unpaired) electrons. The summed E-state index contributed by atoms with van der Waals surface area (Å²) in [5.41, 5.74) is 1.63. The summed E-state index contributed by atoms with van der Waals surface area (Å²) >= 11 is 0. The van der Waals surface area contributed by atoms with E-state index < -0.39 is 10.0 Å². The average molecular weight is 444 g/mol. The lowest BCUT2D eigenvalue weighted by atomic mass is 10.1. The van der Waals surface area contributed by atoms with Crippen molar-refractivity contribution in [3.63, 3.8) is 0 Å².